The van der Waals surface area contributed by atoms with Crippen LogP contribution in [0.15, 0.2) is 0 Å². The molecule has 23 heavy (non-hydrogen) atoms. The third-order valence-electron chi connectivity index (χ3n) is 6.62. The van der Waals surface area contributed by atoms with E-state index in [2.05, 4.69) is 13.8 Å². The molecule has 7 heteroatoms. The van der Waals surface area contributed by atoms with E-state index in [9.17, 15) is 15.3 Å². The van der Waals surface area contributed by atoms with Crippen LogP contribution < -0.4 is 0 Å². The minimum absolute atomic E-state index is 0.504. The van der Waals surface area contributed by atoms with Crippen LogP contribution in [-0.4, -0.2) is 114 Å². The highest BCUT2D eigenvalue weighted by Gasteiger charge is 2.54. The number of hydrogen-bond acceptors (Lipinski definition) is 5. The molecule has 2 bridgehead atoms. The predicted molar refractivity (Wildman–Crippen MR) is 83.4 cm³/mol. The average molecular weight is 332 g/mol. The lowest BCUT2D eigenvalue weighted by atomic mass is 9.95. The predicted octanol–water partition coefficient (Wildman–Crippen LogP) is -1.49. The Hall–Kier alpha value is -0.280. The van der Waals surface area contributed by atoms with Gasteiger partial charge in [-0.05, 0) is 13.8 Å². The zero-order valence-electron chi connectivity index (χ0n) is 14.5. The van der Waals surface area contributed by atoms with E-state index in [4.69, 9.17) is 9.47 Å². The van der Waals surface area contributed by atoms with Crippen molar-refractivity contribution in [2.24, 2.45) is 0 Å². The molecular weight excluding hydrogens is 300 g/mol. The summed E-state index contributed by atoms with van der Waals surface area (Å²) in [5.74, 6) is 0. The summed E-state index contributed by atoms with van der Waals surface area (Å²) in [4.78, 5) is 0. The van der Waals surface area contributed by atoms with Gasteiger partial charge >= 0.3 is 0 Å². The van der Waals surface area contributed by atoms with E-state index in [1.165, 1.54) is 31.2 Å². The Labute approximate surface area is 138 Å². The number of quaternary nitrogens is 2. The van der Waals surface area contributed by atoms with Crippen LogP contribution in [0.2, 0.25) is 0 Å². The zero-order valence-corrected chi connectivity index (χ0v) is 14.5. The number of nitrogens with zero attached hydrogens (tertiary/aromatic N) is 2. The summed E-state index contributed by atoms with van der Waals surface area (Å²) in [7, 11) is 1.44. The minimum Gasteiger partial charge on any atom is -0.387 e. The molecule has 4 aliphatic rings. The molecule has 0 aromatic carbocycles. The Morgan fingerprint density at radius 2 is 1.52 bits per heavy atom. The molecule has 0 aromatic rings. The van der Waals surface area contributed by atoms with E-state index in [1.807, 2.05) is 0 Å². The fraction of sp³-hybridized carbons (Fsp3) is 1.00. The Bertz CT molecular complexity index is 406. The molecule has 4 fully saturated rings. The third-order valence-corrected chi connectivity index (χ3v) is 6.62. The van der Waals surface area contributed by atoms with Crippen molar-refractivity contribution in [1.82, 2.24) is 0 Å². The molecule has 0 unspecified atom stereocenters. The van der Waals surface area contributed by atoms with Crippen LogP contribution in [0, 0.1) is 0 Å². The SMILES string of the molecule is CO[C@H]1O[C@H](C[N+]23CC[N+](C(C)C)(CC2)CC3)[C@@H](O)[C@H](O)[C@H]1O. The van der Waals surface area contributed by atoms with Crippen molar-refractivity contribution in [3.63, 3.8) is 0 Å². The standard InChI is InChI=1S/C16H32N2O5/c1-11(2)18-7-4-17(5-8-18,6-9-18)10-12-13(19)14(20)15(21)16(22-3)23-12/h11-16,19-21H,4-10H2,1-3H3/q+2/t12-,13-,14+,15-,16+,17?,18?/m1/s1. The molecule has 0 aromatic heterocycles. The molecule has 0 aliphatic carbocycles. The number of aliphatic hydroxyl groups excluding tert-OH is 3. The number of piperazine rings is 3. The number of ether oxygens (including phenoxy) is 2. The van der Waals surface area contributed by atoms with E-state index in [0.717, 1.165) is 24.1 Å². The first-order chi connectivity index (χ1) is 10.8. The van der Waals surface area contributed by atoms with Crippen LogP contribution >= 0.6 is 0 Å². The van der Waals surface area contributed by atoms with Gasteiger partial charge in [-0.2, -0.15) is 0 Å². The van der Waals surface area contributed by atoms with Crippen molar-refractivity contribution in [1.29, 1.82) is 0 Å². The van der Waals surface area contributed by atoms with E-state index in [0.29, 0.717) is 12.6 Å². The van der Waals surface area contributed by atoms with E-state index in [1.54, 1.807) is 0 Å². The van der Waals surface area contributed by atoms with Gasteiger partial charge < -0.3 is 33.8 Å². The maximum atomic E-state index is 10.3. The van der Waals surface area contributed by atoms with Crippen molar-refractivity contribution in [2.75, 3.05) is 52.9 Å². The van der Waals surface area contributed by atoms with Gasteiger partial charge in [0.25, 0.3) is 0 Å². The molecule has 0 saturated carbocycles. The van der Waals surface area contributed by atoms with Crippen LogP contribution in [0.1, 0.15) is 13.8 Å². The summed E-state index contributed by atoms with van der Waals surface area (Å²) in [5, 5.41) is 30.3. The molecule has 134 valence electrons. The number of aliphatic hydroxyl groups is 3. The second-order valence-electron chi connectivity index (χ2n) is 7.93. The zero-order chi connectivity index (χ0) is 16.8. The summed E-state index contributed by atoms with van der Waals surface area (Å²) in [6, 6.07) is 0.656. The number of hydrogen-bond donors (Lipinski definition) is 3. The van der Waals surface area contributed by atoms with Crippen molar-refractivity contribution < 1.29 is 33.8 Å². The highest BCUT2D eigenvalue weighted by Crippen LogP contribution is 2.32. The van der Waals surface area contributed by atoms with Gasteiger partial charge in [0, 0.05) is 7.11 Å². The minimum atomic E-state index is -1.22. The normalized spacial score (nSPS) is 50.5. The first-order valence-corrected chi connectivity index (χ1v) is 8.76. The summed E-state index contributed by atoms with van der Waals surface area (Å²) in [5.41, 5.74) is 0. The number of rotatable bonds is 4. The fourth-order valence-electron chi connectivity index (χ4n) is 4.60. The quantitative estimate of drug-likeness (QED) is 0.547. The first kappa shape index (κ1) is 17.5. The molecule has 0 spiro atoms. The molecular formula is C16H32N2O5+2. The first-order valence-electron chi connectivity index (χ1n) is 8.76. The lowest BCUT2D eigenvalue weighted by Crippen LogP contribution is -2.78. The molecule has 5 atom stereocenters. The summed E-state index contributed by atoms with van der Waals surface area (Å²) < 4.78 is 13.0. The van der Waals surface area contributed by atoms with Crippen LogP contribution in [0.3, 0.4) is 0 Å². The second-order valence-corrected chi connectivity index (χ2v) is 7.93. The van der Waals surface area contributed by atoms with E-state index in [-0.39, 0.29) is 0 Å². The van der Waals surface area contributed by atoms with Crippen LogP contribution in [0.4, 0.5) is 0 Å². The molecule has 0 radical (unpaired) electrons. The van der Waals surface area contributed by atoms with Gasteiger partial charge in [-0.3, -0.25) is 0 Å². The maximum absolute atomic E-state index is 10.3. The Kier molecular flexibility index (Phi) is 4.74. The molecule has 4 rings (SSSR count). The van der Waals surface area contributed by atoms with Crippen LogP contribution in [-0.2, 0) is 9.47 Å². The molecule has 4 aliphatic heterocycles. The van der Waals surface area contributed by atoms with E-state index < -0.39 is 30.7 Å². The topological polar surface area (TPSA) is 79.2 Å². The molecule has 0 amide bonds. The Morgan fingerprint density at radius 1 is 0.957 bits per heavy atom. The van der Waals surface area contributed by atoms with Crippen LogP contribution in [0.25, 0.3) is 0 Å². The Morgan fingerprint density at radius 3 is 2.00 bits per heavy atom. The summed E-state index contributed by atoms with van der Waals surface area (Å²) >= 11 is 0. The third kappa shape index (κ3) is 2.93. The molecule has 4 heterocycles. The van der Waals surface area contributed by atoms with Crippen molar-refractivity contribution in [3.05, 3.63) is 0 Å². The summed E-state index contributed by atoms with van der Waals surface area (Å²) in [6.45, 7) is 12.0. The number of fused-ring (bicyclic) bond motifs is 3. The van der Waals surface area contributed by atoms with Gasteiger partial charge in [0.1, 0.15) is 70.2 Å². The van der Waals surface area contributed by atoms with Gasteiger partial charge in [-0.1, -0.05) is 0 Å². The lowest BCUT2D eigenvalue weighted by Gasteiger charge is -2.58. The van der Waals surface area contributed by atoms with Gasteiger partial charge in [-0.15, -0.1) is 0 Å². The molecule has 4 saturated heterocycles. The fourth-order valence-corrected chi connectivity index (χ4v) is 4.60. The average Bonchev–Trinajstić information content (AvgIpc) is 2.57. The Balaban J connectivity index is 1.68. The van der Waals surface area contributed by atoms with Crippen molar-refractivity contribution in [3.8, 4) is 0 Å². The molecule has 7 nitrogen and oxygen atoms in total. The largest absolute Gasteiger partial charge is 0.387 e. The van der Waals surface area contributed by atoms with Gasteiger partial charge in [0.05, 0.1) is 6.04 Å². The van der Waals surface area contributed by atoms with Crippen molar-refractivity contribution in [2.45, 2.75) is 50.6 Å². The smallest absolute Gasteiger partial charge is 0.186 e. The maximum Gasteiger partial charge on any atom is 0.186 e. The lowest BCUT2D eigenvalue weighted by molar-refractivity contribution is -1.09. The highest BCUT2D eigenvalue weighted by molar-refractivity contribution is 4.89. The van der Waals surface area contributed by atoms with Gasteiger partial charge in [0.15, 0.2) is 6.29 Å². The number of methoxy groups -OCH3 is 1. The highest BCUT2D eigenvalue weighted by atomic mass is 16.7. The van der Waals surface area contributed by atoms with Crippen LogP contribution in [0.5, 0.6) is 0 Å². The monoisotopic (exact) mass is 332 g/mol. The summed E-state index contributed by atoms with van der Waals surface area (Å²) in [6.07, 6.45) is -4.89. The van der Waals surface area contributed by atoms with Gasteiger partial charge in [0.2, 0.25) is 0 Å². The van der Waals surface area contributed by atoms with Crippen molar-refractivity contribution >= 4 is 0 Å². The molecule has 3 N–H and O–H groups in total. The van der Waals surface area contributed by atoms with Gasteiger partial charge in [-0.25, -0.2) is 0 Å². The second kappa shape index (κ2) is 6.22. The van der Waals surface area contributed by atoms with E-state index >= 15 is 0 Å².